The fourth-order valence-electron chi connectivity index (χ4n) is 5.76. The number of alkyl carbamates (subject to hydrolysis) is 1. The molecule has 11 heteroatoms. The van der Waals surface area contributed by atoms with Gasteiger partial charge < -0.3 is 34.7 Å². The summed E-state index contributed by atoms with van der Waals surface area (Å²) in [6.07, 6.45) is 0.939. The van der Waals surface area contributed by atoms with Gasteiger partial charge in [-0.05, 0) is 51.9 Å². The molecule has 46 heavy (non-hydrogen) atoms. The lowest BCUT2D eigenvalue weighted by Crippen LogP contribution is -2.42. The number of nitrogens with zero attached hydrogens (tertiary/aromatic N) is 2. The summed E-state index contributed by atoms with van der Waals surface area (Å²) in [6.45, 7) is 4.76. The van der Waals surface area contributed by atoms with Crippen molar-refractivity contribution < 1.29 is 34.0 Å². The van der Waals surface area contributed by atoms with Crippen molar-refractivity contribution in [2.75, 3.05) is 27.4 Å². The number of carboxylic acid groups (broad SMARTS) is 1. The Morgan fingerprint density at radius 2 is 1.67 bits per heavy atom. The molecule has 1 aliphatic heterocycles. The lowest BCUT2D eigenvalue weighted by molar-refractivity contribution is -0.139. The molecule has 0 saturated carbocycles. The van der Waals surface area contributed by atoms with Crippen LogP contribution in [0.3, 0.4) is 0 Å². The summed E-state index contributed by atoms with van der Waals surface area (Å²) in [6, 6.07) is 19.7. The normalized spacial score (nSPS) is 15.9. The molecule has 0 saturated heterocycles. The van der Waals surface area contributed by atoms with Crippen LogP contribution in [-0.2, 0) is 25.4 Å². The molecule has 2 atom stereocenters. The van der Waals surface area contributed by atoms with Crippen LogP contribution in [-0.4, -0.2) is 78.5 Å². The van der Waals surface area contributed by atoms with Crippen molar-refractivity contribution in [3.63, 3.8) is 0 Å². The Kier molecular flexibility index (Phi) is 9.90. The minimum Gasteiger partial charge on any atom is -0.508 e. The number of fused-ring (bicyclic) bond motifs is 4. The van der Waals surface area contributed by atoms with E-state index < -0.39 is 18.1 Å². The van der Waals surface area contributed by atoms with Gasteiger partial charge >= 0.3 is 12.1 Å². The van der Waals surface area contributed by atoms with E-state index in [0.29, 0.717) is 35.2 Å². The topological polar surface area (TPSA) is 155 Å². The number of aromatic amines is 1. The van der Waals surface area contributed by atoms with Crippen molar-refractivity contribution in [1.82, 2.24) is 10.3 Å². The highest BCUT2D eigenvalue weighted by Crippen LogP contribution is 2.44. The van der Waals surface area contributed by atoms with Crippen LogP contribution in [0.1, 0.15) is 36.5 Å². The molecule has 0 radical (unpaired) electrons. The second-order valence-corrected chi connectivity index (χ2v) is 11.4. The van der Waals surface area contributed by atoms with Crippen LogP contribution in [0.2, 0.25) is 0 Å². The first kappa shape index (κ1) is 32.1. The van der Waals surface area contributed by atoms with E-state index in [2.05, 4.69) is 34.1 Å². The van der Waals surface area contributed by atoms with Crippen LogP contribution in [0.5, 0.6) is 5.75 Å². The first-order chi connectivity index (χ1) is 22.2. The van der Waals surface area contributed by atoms with Gasteiger partial charge in [0.2, 0.25) is 11.8 Å². The molecule has 240 valence electrons. The number of phenols is 1. The van der Waals surface area contributed by atoms with Crippen LogP contribution in [0, 0.1) is 5.92 Å². The van der Waals surface area contributed by atoms with Crippen LogP contribution < -0.4 is 5.32 Å². The average molecular weight is 627 g/mol. The van der Waals surface area contributed by atoms with Crippen LogP contribution in [0.25, 0.3) is 22.0 Å². The number of amides is 1. The van der Waals surface area contributed by atoms with E-state index >= 15 is 0 Å². The Hall–Kier alpha value is -5.32. The van der Waals surface area contributed by atoms with Gasteiger partial charge in [-0.2, -0.15) is 0 Å². The number of aliphatic imine (C=N–C) groups is 2. The van der Waals surface area contributed by atoms with Crippen LogP contribution in [0.4, 0.5) is 4.79 Å². The third-order valence-electron chi connectivity index (χ3n) is 8.09. The Balaban J connectivity index is 0.000000270. The number of benzene rings is 3. The molecule has 3 aromatic carbocycles. The first-order valence-corrected chi connectivity index (χ1v) is 15.0. The van der Waals surface area contributed by atoms with Crippen molar-refractivity contribution in [3.05, 3.63) is 89.6 Å². The van der Waals surface area contributed by atoms with Gasteiger partial charge in [0.05, 0.1) is 14.2 Å². The number of nitrogens with one attached hydrogen (secondary N) is 2. The third kappa shape index (κ3) is 6.98. The Morgan fingerprint density at radius 1 is 1.00 bits per heavy atom. The smallest absolute Gasteiger partial charge is 0.407 e. The van der Waals surface area contributed by atoms with Gasteiger partial charge in [-0.15, -0.1) is 0 Å². The molecular formula is C35H38N4O7. The summed E-state index contributed by atoms with van der Waals surface area (Å²) >= 11 is 0. The fourth-order valence-corrected chi connectivity index (χ4v) is 5.76. The Labute approximate surface area is 266 Å². The zero-order chi connectivity index (χ0) is 32.8. The van der Waals surface area contributed by atoms with Gasteiger partial charge in [0.1, 0.15) is 31.0 Å². The van der Waals surface area contributed by atoms with Gasteiger partial charge in [-0.25, -0.2) is 19.6 Å². The minimum absolute atomic E-state index is 0.00806. The summed E-state index contributed by atoms with van der Waals surface area (Å²) in [5.41, 5.74) is 5.85. The van der Waals surface area contributed by atoms with E-state index in [4.69, 9.17) is 14.2 Å². The lowest BCUT2D eigenvalue weighted by atomic mass is 9.98. The minimum atomic E-state index is -1.18. The SMILES string of the molecule is COC1=N[C@H](C(C)C)C(OC)=NC1.O=C(NC(Cc1c[nH]c2ccc(O)cc12)C(=O)O)OCC1c2ccccc2-c2ccccc21. The summed E-state index contributed by atoms with van der Waals surface area (Å²) in [7, 11) is 3.24. The molecule has 1 aromatic heterocycles. The van der Waals surface area contributed by atoms with Crippen molar-refractivity contribution in [3.8, 4) is 16.9 Å². The molecular weight excluding hydrogens is 588 g/mol. The van der Waals surface area contributed by atoms with E-state index in [0.717, 1.165) is 27.8 Å². The number of phenolic OH excluding ortho intramolecular Hbond substituents is 1. The molecule has 0 bridgehead atoms. The molecule has 11 nitrogen and oxygen atoms in total. The molecule has 1 amide bonds. The van der Waals surface area contributed by atoms with Crippen LogP contribution in [0.15, 0.2) is 82.9 Å². The van der Waals surface area contributed by atoms with Gasteiger partial charge in [-0.3, -0.25) is 0 Å². The monoisotopic (exact) mass is 626 g/mol. The maximum absolute atomic E-state index is 12.5. The number of aromatic hydroxyl groups is 1. The molecule has 2 aliphatic rings. The highest BCUT2D eigenvalue weighted by atomic mass is 16.5. The largest absolute Gasteiger partial charge is 0.508 e. The molecule has 0 spiro atoms. The maximum atomic E-state index is 12.5. The number of H-pyrrole nitrogens is 1. The molecule has 2 heterocycles. The van der Waals surface area contributed by atoms with Crippen molar-refractivity contribution in [2.24, 2.45) is 15.9 Å². The number of ether oxygens (including phenoxy) is 3. The van der Waals surface area contributed by atoms with Crippen molar-refractivity contribution >= 4 is 34.8 Å². The lowest BCUT2D eigenvalue weighted by Gasteiger charge is -2.22. The van der Waals surface area contributed by atoms with Gasteiger partial charge in [-0.1, -0.05) is 62.4 Å². The van der Waals surface area contributed by atoms with E-state index in [9.17, 15) is 19.8 Å². The molecule has 4 N–H and O–H groups in total. The number of aromatic nitrogens is 1. The summed E-state index contributed by atoms with van der Waals surface area (Å²) in [5.74, 6) is 0.570. The van der Waals surface area contributed by atoms with Crippen LogP contribution >= 0.6 is 0 Å². The standard InChI is InChI=1S/C26H22N2O5.C9H16N2O2/c29-16-9-10-23-21(12-16)15(13-27-23)11-24(25(30)31)28-26(32)33-14-22-19-7-3-1-5-17(19)18-6-2-4-8-20(18)22;1-6(2)8-9(13-4)10-5-7(11-8)12-3/h1-10,12-13,22,24,27,29H,11,14H2,(H,28,32)(H,30,31);6,8H,5H2,1-4H3/t;8-/m.1/s1. The highest BCUT2D eigenvalue weighted by Gasteiger charge is 2.30. The maximum Gasteiger partial charge on any atom is 0.407 e. The molecule has 1 aliphatic carbocycles. The summed E-state index contributed by atoms with van der Waals surface area (Å²) < 4.78 is 15.7. The first-order valence-electron chi connectivity index (χ1n) is 15.0. The number of hydrogen-bond donors (Lipinski definition) is 4. The second kappa shape index (κ2) is 14.2. The zero-order valence-corrected chi connectivity index (χ0v) is 26.2. The van der Waals surface area contributed by atoms with E-state index in [-0.39, 0.29) is 30.7 Å². The zero-order valence-electron chi connectivity index (χ0n) is 26.2. The van der Waals surface area contributed by atoms with Gasteiger partial charge in [0, 0.05) is 29.4 Å². The van der Waals surface area contributed by atoms with E-state index in [1.54, 1.807) is 38.6 Å². The Bertz CT molecular complexity index is 1730. The second-order valence-electron chi connectivity index (χ2n) is 11.4. The van der Waals surface area contributed by atoms with Crippen molar-refractivity contribution in [1.29, 1.82) is 0 Å². The number of carbonyl (C=O) groups excluding carboxylic acids is 1. The number of methoxy groups -OCH3 is 2. The number of carboxylic acids is 1. The molecule has 1 unspecified atom stereocenters. The molecule has 0 fully saturated rings. The predicted octanol–water partition coefficient (Wildman–Crippen LogP) is 5.52. The van der Waals surface area contributed by atoms with E-state index in [1.165, 1.54) is 0 Å². The number of rotatable bonds is 7. The van der Waals surface area contributed by atoms with E-state index in [1.807, 2.05) is 48.5 Å². The third-order valence-corrected chi connectivity index (χ3v) is 8.09. The fraction of sp³-hybridized carbons (Fsp3) is 0.314. The molecule has 6 rings (SSSR count). The average Bonchev–Trinajstić information content (AvgIpc) is 3.61. The molecule has 4 aromatic rings. The predicted molar refractivity (Wildman–Crippen MR) is 176 cm³/mol. The van der Waals surface area contributed by atoms with Crippen molar-refractivity contribution in [2.45, 2.75) is 38.3 Å². The Morgan fingerprint density at radius 3 is 2.28 bits per heavy atom. The van der Waals surface area contributed by atoms with Gasteiger partial charge in [0.25, 0.3) is 0 Å². The number of aliphatic carboxylic acids is 1. The number of hydrogen-bond acceptors (Lipinski definition) is 8. The highest BCUT2D eigenvalue weighted by molar-refractivity contribution is 5.92. The summed E-state index contributed by atoms with van der Waals surface area (Å²) in [4.78, 5) is 36.0. The quantitative estimate of drug-likeness (QED) is 0.211. The number of carbonyl (C=O) groups is 2. The van der Waals surface area contributed by atoms with Gasteiger partial charge in [0.15, 0.2) is 0 Å². The summed E-state index contributed by atoms with van der Waals surface area (Å²) in [5, 5.41) is 22.6.